The van der Waals surface area contributed by atoms with E-state index in [-0.39, 0.29) is 5.91 Å². The number of carbonyl (C=O) groups excluding carboxylic acids is 1. The number of amides is 1. The Hall–Kier alpha value is -1.62. The molecule has 1 aromatic heterocycles. The molecule has 1 aromatic rings. The predicted molar refractivity (Wildman–Crippen MR) is 71.5 cm³/mol. The fraction of sp³-hybridized carbons (Fsp3) is 0.538. The lowest BCUT2D eigenvalue weighted by Gasteiger charge is -2.33. The zero-order chi connectivity index (χ0) is 13.0. The van der Waals surface area contributed by atoms with Crippen molar-refractivity contribution in [3.63, 3.8) is 0 Å². The fourth-order valence-corrected chi connectivity index (χ4v) is 2.09. The number of aryl methyl sites for hydroxylation is 1. The number of primary amides is 1. The number of pyridine rings is 1. The molecule has 0 atom stereocenters. The van der Waals surface area contributed by atoms with Crippen molar-refractivity contribution in [2.24, 2.45) is 5.73 Å². The molecule has 1 amide bonds. The molecule has 0 unspecified atom stereocenters. The fourth-order valence-electron chi connectivity index (χ4n) is 2.09. The molecule has 1 aliphatic heterocycles. The van der Waals surface area contributed by atoms with Crippen LogP contribution in [0.3, 0.4) is 0 Å². The first kappa shape index (κ1) is 12.8. The number of anilines is 1. The third kappa shape index (κ3) is 3.43. The third-order valence-corrected chi connectivity index (χ3v) is 3.30. The molecular formula is C13H20N4O. The molecule has 1 fully saturated rings. The summed E-state index contributed by atoms with van der Waals surface area (Å²) in [5.74, 6) is 0.748. The summed E-state index contributed by atoms with van der Waals surface area (Å²) in [5.41, 5.74) is 6.29. The molecule has 0 bridgehead atoms. The van der Waals surface area contributed by atoms with Gasteiger partial charge in [0.1, 0.15) is 5.82 Å². The lowest BCUT2D eigenvalue weighted by atomic mass is 10.1. The van der Waals surface area contributed by atoms with E-state index in [2.05, 4.69) is 27.9 Å². The van der Waals surface area contributed by atoms with E-state index in [1.807, 2.05) is 12.3 Å². The van der Waals surface area contributed by atoms with Crippen LogP contribution in [0.2, 0.25) is 0 Å². The average Bonchev–Trinajstić information content (AvgIpc) is 2.37. The molecule has 2 heterocycles. The van der Waals surface area contributed by atoms with Gasteiger partial charge < -0.3 is 15.5 Å². The van der Waals surface area contributed by atoms with Crippen molar-refractivity contribution < 1.29 is 4.79 Å². The van der Waals surface area contributed by atoms with Crippen molar-refractivity contribution in [3.8, 4) is 0 Å². The number of rotatable bonds is 4. The molecule has 0 saturated carbocycles. The molecule has 2 rings (SSSR count). The van der Waals surface area contributed by atoms with Gasteiger partial charge in [-0.25, -0.2) is 4.98 Å². The lowest BCUT2D eigenvalue weighted by Crippen LogP contribution is -2.44. The van der Waals surface area contributed by atoms with Crippen LogP contribution in [0.25, 0.3) is 0 Å². The minimum atomic E-state index is -0.257. The predicted octanol–water partition coefficient (Wildman–Crippen LogP) is 0.251. The normalized spacial score (nSPS) is 16.8. The molecule has 5 heteroatoms. The second kappa shape index (κ2) is 5.82. The molecule has 0 aromatic carbocycles. The van der Waals surface area contributed by atoms with E-state index in [9.17, 15) is 4.79 Å². The van der Waals surface area contributed by atoms with Gasteiger partial charge in [0.25, 0.3) is 0 Å². The highest BCUT2D eigenvalue weighted by Gasteiger charge is 2.15. The molecule has 5 nitrogen and oxygen atoms in total. The summed E-state index contributed by atoms with van der Waals surface area (Å²) in [7, 11) is 2.13. The molecule has 18 heavy (non-hydrogen) atoms. The minimum absolute atomic E-state index is 0.257. The van der Waals surface area contributed by atoms with E-state index in [0.29, 0.717) is 12.8 Å². The summed E-state index contributed by atoms with van der Waals surface area (Å²) in [6.07, 6.45) is 2.90. The highest BCUT2D eigenvalue weighted by molar-refractivity contribution is 5.74. The Morgan fingerprint density at radius 1 is 1.39 bits per heavy atom. The summed E-state index contributed by atoms with van der Waals surface area (Å²) < 4.78 is 0. The zero-order valence-corrected chi connectivity index (χ0v) is 10.8. The first-order valence-electron chi connectivity index (χ1n) is 6.32. The number of nitrogens with zero attached hydrogens (tertiary/aromatic N) is 3. The second-order valence-corrected chi connectivity index (χ2v) is 4.78. The van der Waals surface area contributed by atoms with Gasteiger partial charge in [0, 0.05) is 38.8 Å². The maximum Gasteiger partial charge on any atom is 0.217 e. The van der Waals surface area contributed by atoms with Crippen LogP contribution in [0.15, 0.2) is 18.3 Å². The van der Waals surface area contributed by atoms with E-state index >= 15 is 0 Å². The number of piperazine rings is 1. The molecular weight excluding hydrogens is 228 g/mol. The molecule has 0 spiro atoms. The van der Waals surface area contributed by atoms with Crippen LogP contribution in [0.4, 0.5) is 5.82 Å². The van der Waals surface area contributed by atoms with Crippen LogP contribution < -0.4 is 10.6 Å². The number of hydrogen-bond acceptors (Lipinski definition) is 4. The molecule has 1 aliphatic rings. The van der Waals surface area contributed by atoms with Crippen LogP contribution in [-0.4, -0.2) is 49.0 Å². The van der Waals surface area contributed by atoms with Gasteiger partial charge in [-0.3, -0.25) is 4.79 Å². The SMILES string of the molecule is CN1CCN(c2cc(CCC(N)=O)ccn2)CC1. The zero-order valence-electron chi connectivity index (χ0n) is 10.8. The third-order valence-electron chi connectivity index (χ3n) is 3.30. The summed E-state index contributed by atoms with van der Waals surface area (Å²) >= 11 is 0. The Kier molecular flexibility index (Phi) is 4.15. The Bertz CT molecular complexity index is 413. The Morgan fingerprint density at radius 2 is 2.11 bits per heavy atom. The first-order chi connectivity index (χ1) is 8.65. The monoisotopic (exact) mass is 248 g/mol. The molecule has 0 radical (unpaired) electrons. The summed E-state index contributed by atoms with van der Waals surface area (Å²) in [5, 5.41) is 0. The molecule has 1 saturated heterocycles. The molecule has 98 valence electrons. The van der Waals surface area contributed by atoms with Crippen molar-refractivity contribution in [2.75, 3.05) is 38.1 Å². The van der Waals surface area contributed by atoms with Gasteiger partial charge in [0.2, 0.25) is 5.91 Å². The lowest BCUT2D eigenvalue weighted by molar-refractivity contribution is -0.117. The van der Waals surface area contributed by atoms with Crippen molar-refractivity contribution in [1.29, 1.82) is 0 Å². The number of aromatic nitrogens is 1. The van der Waals surface area contributed by atoms with Crippen LogP contribution >= 0.6 is 0 Å². The number of nitrogens with two attached hydrogens (primary N) is 1. The van der Waals surface area contributed by atoms with Crippen molar-refractivity contribution in [1.82, 2.24) is 9.88 Å². The average molecular weight is 248 g/mol. The van der Waals surface area contributed by atoms with Crippen molar-refractivity contribution in [2.45, 2.75) is 12.8 Å². The van der Waals surface area contributed by atoms with Gasteiger partial charge in [0.05, 0.1) is 0 Å². The smallest absolute Gasteiger partial charge is 0.217 e. The van der Waals surface area contributed by atoms with Crippen molar-refractivity contribution >= 4 is 11.7 Å². The van der Waals surface area contributed by atoms with Gasteiger partial charge in [-0.1, -0.05) is 0 Å². The number of carbonyl (C=O) groups is 1. The van der Waals surface area contributed by atoms with E-state index < -0.39 is 0 Å². The maximum atomic E-state index is 10.8. The second-order valence-electron chi connectivity index (χ2n) is 4.78. The largest absolute Gasteiger partial charge is 0.370 e. The van der Waals surface area contributed by atoms with E-state index in [1.54, 1.807) is 0 Å². The highest BCUT2D eigenvalue weighted by Crippen LogP contribution is 2.15. The van der Waals surface area contributed by atoms with Gasteiger partial charge >= 0.3 is 0 Å². The summed E-state index contributed by atoms with van der Waals surface area (Å²) in [6, 6.07) is 4.01. The van der Waals surface area contributed by atoms with Crippen molar-refractivity contribution in [3.05, 3.63) is 23.9 Å². The molecule has 2 N–H and O–H groups in total. The van der Waals surface area contributed by atoms with Gasteiger partial charge in [-0.15, -0.1) is 0 Å². The standard InChI is InChI=1S/C13H20N4O/c1-16-6-8-17(9-7-16)13-10-11(4-5-15-13)2-3-12(14)18/h4-5,10H,2-3,6-9H2,1H3,(H2,14,18). The van der Waals surface area contributed by atoms with Gasteiger partial charge in [0.15, 0.2) is 0 Å². The number of likely N-dealkylation sites (N-methyl/N-ethyl adjacent to an activating group) is 1. The Morgan fingerprint density at radius 3 is 2.78 bits per heavy atom. The Labute approximate surface area is 108 Å². The maximum absolute atomic E-state index is 10.8. The quantitative estimate of drug-likeness (QED) is 0.830. The van der Waals surface area contributed by atoms with Gasteiger partial charge in [-0.05, 0) is 31.2 Å². The van der Waals surface area contributed by atoms with E-state index in [4.69, 9.17) is 5.73 Å². The van der Waals surface area contributed by atoms with Gasteiger partial charge in [-0.2, -0.15) is 0 Å². The van der Waals surface area contributed by atoms with Crippen LogP contribution in [0.5, 0.6) is 0 Å². The minimum Gasteiger partial charge on any atom is -0.370 e. The van der Waals surface area contributed by atoms with Crippen LogP contribution in [0, 0.1) is 0 Å². The van der Waals surface area contributed by atoms with E-state index in [0.717, 1.165) is 37.6 Å². The summed E-state index contributed by atoms with van der Waals surface area (Å²) in [4.78, 5) is 19.8. The summed E-state index contributed by atoms with van der Waals surface area (Å²) in [6.45, 7) is 4.13. The van der Waals surface area contributed by atoms with E-state index in [1.165, 1.54) is 0 Å². The highest BCUT2D eigenvalue weighted by atomic mass is 16.1. The topological polar surface area (TPSA) is 62.5 Å². The van der Waals surface area contributed by atoms with Crippen LogP contribution in [0.1, 0.15) is 12.0 Å². The molecule has 0 aliphatic carbocycles. The van der Waals surface area contributed by atoms with Crippen LogP contribution in [-0.2, 0) is 11.2 Å². The first-order valence-corrected chi connectivity index (χ1v) is 6.32. The Balaban J connectivity index is 2.00. The number of hydrogen-bond donors (Lipinski definition) is 1.